The van der Waals surface area contributed by atoms with E-state index in [0.717, 1.165) is 27.9 Å². The van der Waals surface area contributed by atoms with Gasteiger partial charge in [0.15, 0.2) is 0 Å². The normalized spacial score (nSPS) is 11.1. The first kappa shape index (κ1) is 19.8. The van der Waals surface area contributed by atoms with Crippen LogP contribution in [-0.4, -0.2) is 9.55 Å². The molecule has 0 radical (unpaired) electrons. The molecule has 142 valence electrons. The van der Waals surface area contributed by atoms with E-state index in [4.69, 9.17) is 0 Å². The summed E-state index contributed by atoms with van der Waals surface area (Å²) in [7, 11) is 0. The largest absolute Gasteiger partial charge is 0.338 e. The lowest BCUT2D eigenvalue weighted by Crippen LogP contribution is -2.05. The molecule has 2 nitrogen and oxygen atoms in total. The minimum atomic E-state index is -0.179. The van der Waals surface area contributed by atoms with Crippen LogP contribution in [0.4, 0.5) is 4.39 Å². The number of rotatable bonds is 4. The molecule has 0 amide bonds. The summed E-state index contributed by atoms with van der Waals surface area (Å²) in [5.74, 6) is -0.179. The second-order valence-corrected chi connectivity index (χ2v) is 6.72. The average molecular weight is 393 g/mol. The molecule has 0 spiro atoms. The Morgan fingerprint density at radius 1 is 0.929 bits per heavy atom. The molecule has 4 heteroatoms. The molecule has 0 atom stereocenters. The monoisotopic (exact) mass is 392 g/mol. The van der Waals surface area contributed by atoms with Crippen molar-refractivity contribution in [1.82, 2.24) is 9.55 Å². The first-order valence-corrected chi connectivity index (χ1v) is 9.06. The predicted molar refractivity (Wildman–Crippen MR) is 117 cm³/mol. The summed E-state index contributed by atoms with van der Waals surface area (Å²) >= 11 is 0. The van der Waals surface area contributed by atoms with Crippen LogP contribution >= 0.6 is 12.4 Å². The first-order valence-electron chi connectivity index (χ1n) is 9.06. The van der Waals surface area contributed by atoms with Gasteiger partial charge in [-0.05, 0) is 43.2 Å². The van der Waals surface area contributed by atoms with E-state index in [-0.39, 0.29) is 18.2 Å². The molecule has 4 rings (SSSR count). The van der Waals surface area contributed by atoms with Crippen LogP contribution in [0, 0.1) is 19.7 Å². The highest BCUT2D eigenvalue weighted by Gasteiger charge is 2.15. The number of nitrogens with zero attached hydrogens (tertiary/aromatic N) is 2. The molecule has 0 unspecified atom stereocenters. The van der Waals surface area contributed by atoms with Crippen LogP contribution in [0.3, 0.4) is 0 Å². The maximum atomic E-state index is 14.2. The van der Waals surface area contributed by atoms with Gasteiger partial charge >= 0.3 is 0 Å². The third-order valence-electron chi connectivity index (χ3n) is 5.09. The number of hydrogen-bond acceptors (Lipinski definition) is 1. The van der Waals surface area contributed by atoms with Gasteiger partial charge < -0.3 is 4.57 Å². The van der Waals surface area contributed by atoms with Gasteiger partial charge in [-0.2, -0.15) is 0 Å². The van der Waals surface area contributed by atoms with Crippen molar-refractivity contribution >= 4 is 35.5 Å². The molecule has 0 N–H and O–H groups in total. The van der Waals surface area contributed by atoms with Crippen molar-refractivity contribution in [3.63, 3.8) is 0 Å². The van der Waals surface area contributed by atoms with Crippen molar-refractivity contribution in [3.05, 3.63) is 101 Å². The first-order chi connectivity index (χ1) is 13.1. The van der Waals surface area contributed by atoms with Crippen molar-refractivity contribution in [2.45, 2.75) is 20.4 Å². The van der Waals surface area contributed by atoms with Gasteiger partial charge in [0.2, 0.25) is 0 Å². The average Bonchev–Trinajstić information content (AvgIpc) is 2.94. The molecule has 0 aliphatic heterocycles. The van der Waals surface area contributed by atoms with Gasteiger partial charge in [-0.1, -0.05) is 54.6 Å². The van der Waals surface area contributed by atoms with Crippen LogP contribution < -0.4 is 0 Å². The number of fused-ring (bicyclic) bond motifs is 1. The maximum Gasteiger partial charge on any atom is 0.128 e. The van der Waals surface area contributed by atoms with E-state index in [9.17, 15) is 4.39 Å². The van der Waals surface area contributed by atoms with Gasteiger partial charge in [0.1, 0.15) is 5.82 Å². The molecule has 0 fully saturated rings. The topological polar surface area (TPSA) is 17.8 Å². The van der Waals surface area contributed by atoms with Crippen molar-refractivity contribution in [2.24, 2.45) is 0 Å². The summed E-state index contributed by atoms with van der Waals surface area (Å²) in [6, 6.07) is 19.1. The van der Waals surface area contributed by atoms with Gasteiger partial charge in [0.25, 0.3) is 0 Å². The lowest BCUT2D eigenvalue weighted by molar-refractivity contribution is 0.600. The molecular weight excluding hydrogens is 371 g/mol. The van der Waals surface area contributed by atoms with Gasteiger partial charge in [0, 0.05) is 22.8 Å². The fourth-order valence-corrected chi connectivity index (χ4v) is 3.48. The Morgan fingerprint density at radius 2 is 1.64 bits per heavy atom. The molecule has 0 bridgehead atoms. The number of aryl methyl sites for hydroxylation is 1. The summed E-state index contributed by atoms with van der Waals surface area (Å²) < 4.78 is 16.4. The van der Waals surface area contributed by atoms with E-state index >= 15 is 0 Å². The fraction of sp³-hybridized carbons (Fsp3) is 0.125. The van der Waals surface area contributed by atoms with Gasteiger partial charge in [0.05, 0.1) is 17.8 Å². The Hall–Kier alpha value is -2.91. The highest BCUT2D eigenvalue weighted by molar-refractivity contribution is 5.92. The molecule has 2 aromatic heterocycles. The van der Waals surface area contributed by atoms with Gasteiger partial charge in [-0.15, -0.1) is 12.4 Å². The van der Waals surface area contributed by atoms with E-state index in [2.05, 4.69) is 41.6 Å². The minimum Gasteiger partial charge on any atom is -0.338 e. The Balaban J connectivity index is 0.00000225. The molecule has 0 aliphatic rings. The lowest BCUT2D eigenvalue weighted by atomic mass is 10.1. The second-order valence-electron chi connectivity index (χ2n) is 6.72. The van der Waals surface area contributed by atoms with Crippen LogP contribution in [0.25, 0.3) is 23.1 Å². The van der Waals surface area contributed by atoms with Crippen LogP contribution in [0.15, 0.2) is 66.9 Å². The molecule has 2 aromatic carbocycles. The Bertz CT molecular complexity index is 1130. The molecule has 0 saturated carbocycles. The zero-order valence-corrected chi connectivity index (χ0v) is 16.7. The van der Waals surface area contributed by atoms with Gasteiger partial charge in [-0.3, -0.25) is 4.98 Å². The fourth-order valence-electron chi connectivity index (χ4n) is 3.48. The Kier molecular flexibility index (Phi) is 5.96. The number of pyridine rings is 1. The third-order valence-corrected chi connectivity index (χ3v) is 5.09. The third kappa shape index (κ3) is 3.71. The van der Waals surface area contributed by atoms with Crippen molar-refractivity contribution < 1.29 is 4.39 Å². The van der Waals surface area contributed by atoms with Gasteiger partial charge in [-0.25, -0.2) is 4.39 Å². The zero-order valence-electron chi connectivity index (χ0n) is 15.9. The molecule has 28 heavy (non-hydrogen) atoms. The Labute approximate surface area is 170 Å². The van der Waals surface area contributed by atoms with Crippen molar-refractivity contribution in [2.75, 3.05) is 0 Å². The van der Waals surface area contributed by atoms with Crippen LogP contribution in [0.5, 0.6) is 0 Å². The molecule has 2 heterocycles. The SMILES string of the molecule is Cc1c(C)n(Cc2ccccc2F)c2c(C=Cc3ccccc3)nccc12.Cl. The predicted octanol–water partition coefficient (Wildman–Crippen LogP) is 6.43. The molecule has 0 saturated heterocycles. The minimum absolute atomic E-state index is 0. The van der Waals surface area contributed by atoms with Crippen molar-refractivity contribution in [3.8, 4) is 0 Å². The smallest absolute Gasteiger partial charge is 0.128 e. The summed E-state index contributed by atoms with van der Waals surface area (Å²) in [5, 5.41) is 1.16. The molecular formula is C24H22ClFN2. The number of hydrogen-bond donors (Lipinski definition) is 0. The van der Waals surface area contributed by atoms with Crippen LogP contribution in [0.2, 0.25) is 0 Å². The van der Waals surface area contributed by atoms with E-state index in [1.165, 1.54) is 11.6 Å². The number of halogens is 2. The maximum absolute atomic E-state index is 14.2. The summed E-state index contributed by atoms with van der Waals surface area (Å²) in [5.41, 5.74) is 6.08. The standard InChI is InChI=1S/C24H21FN2.ClH/c1-17-18(2)27(16-20-10-6-7-11-22(20)25)24-21(17)14-15-26-23(24)13-12-19-8-4-3-5-9-19;/h3-15H,16H2,1-2H3;1H. The lowest BCUT2D eigenvalue weighted by Gasteiger charge is -2.11. The summed E-state index contributed by atoms with van der Waals surface area (Å²) in [6.07, 6.45) is 5.94. The van der Waals surface area contributed by atoms with Crippen LogP contribution in [0.1, 0.15) is 28.1 Å². The number of benzene rings is 2. The van der Waals surface area contributed by atoms with E-state index in [1.54, 1.807) is 6.07 Å². The van der Waals surface area contributed by atoms with E-state index in [1.807, 2.05) is 48.7 Å². The zero-order chi connectivity index (χ0) is 18.8. The van der Waals surface area contributed by atoms with Crippen LogP contribution in [-0.2, 0) is 6.54 Å². The second kappa shape index (κ2) is 8.41. The highest BCUT2D eigenvalue weighted by atomic mass is 35.5. The summed E-state index contributed by atoms with van der Waals surface area (Å²) in [4.78, 5) is 4.60. The molecule has 0 aliphatic carbocycles. The quantitative estimate of drug-likeness (QED) is 0.391. The molecule has 4 aromatic rings. The highest BCUT2D eigenvalue weighted by Crippen LogP contribution is 2.29. The van der Waals surface area contributed by atoms with Crippen molar-refractivity contribution in [1.29, 1.82) is 0 Å². The Morgan fingerprint density at radius 3 is 2.39 bits per heavy atom. The summed E-state index contributed by atoms with van der Waals surface area (Å²) in [6.45, 7) is 4.68. The number of aromatic nitrogens is 2. The van der Waals surface area contributed by atoms with E-state index in [0.29, 0.717) is 12.1 Å². The van der Waals surface area contributed by atoms with E-state index < -0.39 is 0 Å².